The number of rotatable bonds is 1. The van der Waals surface area contributed by atoms with Gasteiger partial charge < -0.3 is 4.98 Å². The zero-order chi connectivity index (χ0) is 9.97. The number of H-pyrrole nitrogens is 1. The molecule has 0 spiro atoms. The summed E-state index contributed by atoms with van der Waals surface area (Å²) in [4.78, 5) is 21.5. The Hall–Kier alpha value is -1.68. The lowest BCUT2D eigenvalue weighted by Gasteiger charge is -1.99. The molecule has 70 valence electrons. The van der Waals surface area contributed by atoms with Gasteiger partial charge in [0.1, 0.15) is 11.0 Å². The molecule has 14 heavy (non-hydrogen) atoms. The van der Waals surface area contributed by atoms with E-state index in [1.165, 1.54) is 6.07 Å². The van der Waals surface area contributed by atoms with Crippen molar-refractivity contribution in [2.24, 2.45) is 0 Å². The van der Waals surface area contributed by atoms with E-state index in [2.05, 4.69) is 15.0 Å². The molecule has 0 amide bonds. The lowest BCUT2D eigenvalue weighted by molar-refractivity contribution is 1.12. The highest BCUT2D eigenvalue weighted by molar-refractivity contribution is 6.29. The van der Waals surface area contributed by atoms with Gasteiger partial charge in [0, 0.05) is 24.0 Å². The first-order chi connectivity index (χ1) is 6.75. The molecular weight excluding hydrogens is 202 g/mol. The van der Waals surface area contributed by atoms with Crippen LogP contribution < -0.4 is 5.56 Å². The van der Waals surface area contributed by atoms with Gasteiger partial charge in [0.05, 0.1) is 0 Å². The maximum absolute atomic E-state index is 11.1. The molecule has 0 atom stereocenters. The molecule has 5 heteroatoms. The largest absolute Gasteiger partial charge is 0.306 e. The van der Waals surface area contributed by atoms with Crippen LogP contribution in [0.4, 0.5) is 0 Å². The zero-order valence-corrected chi connectivity index (χ0v) is 7.82. The highest BCUT2D eigenvalue weighted by atomic mass is 35.5. The highest BCUT2D eigenvalue weighted by Gasteiger charge is 2.01. The van der Waals surface area contributed by atoms with Gasteiger partial charge in [-0.1, -0.05) is 11.6 Å². The molecule has 0 aliphatic carbocycles. The minimum Gasteiger partial charge on any atom is -0.306 e. The van der Waals surface area contributed by atoms with Gasteiger partial charge in [0.25, 0.3) is 5.56 Å². The second-order valence-electron chi connectivity index (χ2n) is 2.65. The van der Waals surface area contributed by atoms with Crippen molar-refractivity contribution in [2.75, 3.05) is 0 Å². The van der Waals surface area contributed by atoms with Gasteiger partial charge in [-0.2, -0.15) is 0 Å². The van der Waals surface area contributed by atoms with Crippen LogP contribution in [0.15, 0.2) is 35.4 Å². The number of hydrogen-bond acceptors (Lipinski definition) is 3. The van der Waals surface area contributed by atoms with E-state index in [9.17, 15) is 4.79 Å². The van der Waals surface area contributed by atoms with Crippen molar-refractivity contribution >= 4 is 11.6 Å². The van der Waals surface area contributed by atoms with E-state index in [1.54, 1.807) is 24.5 Å². The SMILES string of the molecule is O=c1cc(Cl)nc(-c2ccncc2)[nH]1. The molecule has 2 heterocycles. The Bertz CT molecular complexity index is 495. The molecular formula is C9H6ClN3O. The molecule has 0 aliphatic heterocycles. The van der Waals surface area contributed by atoms with Gasteiger partial charge in [-0.3, -0.25) is 9.78 Å². The summed E-state index contributed by atoms with van der Waals surface area (Å²) in [6.45, 7) is 0. The zero-order valence-electron chi connectivity index (χ0n) is 7.07. The fraction of sp³-hybridized carbons (Fsp3) is 0. The summed E-state index contributed by atoms with van der Waals surface area (Å²) < 4.78 is 0. The van der Waals surface area contributed by atoms with Gasteiger partial charge in [0.2, 0.25) is 0 Å². The van der Waals surface area contributed by atoms with Crippen LogP contribution in [-0.4, -0.2) is 15.0 Å². The van der Waals surface area contributed by atoms with Crippen molar-refractivity contribution in [1.29, 1.82) is 0 Å². The summed E-state index contributed by atoms with van der Waals surface area (Å²) in [7, 11) is 0. The van der Waals surface area contributed by atoms with Crippen molar-refractivity contribution in [3.63, 3.8) is 0 Å². The first-order valence-corrected chi connectivity index (χ1v) is 4.31. The summed E-state index contributed by atoms with van der Waals surface area (Å²) in [5, 5.41) is 0.181. The van der Waals surface area contributed by atoms with Crippen LogP contribution in [0.3, 0.4) is 0 Å². The lowest BCUT2D eigenvalue weighted by atomic mass is 10.2. The third-order valence-corrected chi connectivity index (χ3v) is 1.86. The van der Waals surface area contributed by atoms with Gasteiger partial charge in [-0.05, 0) is 12.1 Å². The van der Waals surface area contributed by atoms with Gasteiger partial charge in [-0.15, -0.1) is 0 Å². The molecule has 1 N–H and O–H groups in total. The van der Waals surface area contributed by atoms with Crippen LogP contribution >= 0.6 is 11.6 Å². The molecule has 0 bridgehead atoms. The van der Waals surface area contributed by atoms with Crippen LogP contribution in [0.2, 0.25) is 5.15 Å². The summed E-state index contributed by atoms with van der Waals surface area (Å²) in [5.74, 6) is 0.449. The Kier molecular flexibility index (Phi) is 2.28. The molecule has 4 nitrogen and oxygen atoms in total. The van der Waals surface area contributed by atoms with E-state index in [4.69, 9.17) is 11.6 Å². The van der Waals surface area contributed by atoms with E-state index >= 15 is 0 Å². The van der Waals surface area contributed by atoms with Crippen LogP contribution in [0, 0.1) is 0 Å². The van der Waals surface area contributed by atoms with E-state index in [0.717, 1.165) is 5.56 Å². The van der Waals surface area contributed by atoms with Gasteiger partial charge in [0.15, 0.2) is 0 Å². The van der Waals surface area contributed by atoms with Crippen LogP contribution in [0.25, 0.3) is 11.4 Å². The number of hydrogen-bond donors (Lipinski definition) is 1. The summed E-state index contributed by atoms with van der Waals surface area (Å²) in [6, 6.07) is 4.72. The normalized spacial score (nSPS) is 10.1. The fourth-order valence-electron chi connectivity index (χ4n) is 1.07. The van der Waals surface area contributed by atoms with Crippen molar-refractivity contribution in [3.05, 3.63) is 46.1 Å². The molecule has 0 unspecified atom stereocenters. The average Bonchev–Trinajstić information content (AvgIpc) is 2.18. The Morgan fingerprint density at radius 2 is 2.00 bits per heavy atom. The number of halogens is 1. The average molecular weight is 208 g/mol. The first-order valence-electron chi connectivity index (χ1n) is 3.93. The Balaban J connectivity index is 2.58. The van der Waals surface area contributed by atoms with E-state index < -0.39 is 0 Å². The Morgan fingerprint density at radius 3 is 2.64 bits per heavy atom. The molecule has 0 saturated heterocycles. The van der Waals surface area contributed by atoms with Crippen molar-refractivity contribution in [1.82, 2.24) is 15.0 Å². The standard InChI is InChI=1S/C9H6ClN3O/c10-7-5-8(14)13-9(12-7)6-1-3-11-4-2-6/h1-5H,(H,12,13,14). The number of pyridine rings is 1. The van der Waals surface area contributed by atoms with Crippen LogP contribution in [-0.2, 0) is 0 Å². The summed E-state index contributed by atoms with van der Waals surface area (Å²) in [5.41, 5.74) is 0.511. The third-order valence-electron chi connectivity index (χ3n) is 1.66. The van der Waals surface area contributed by atoms with Crippen molar-refractivity contribution < 1.29 is 0 Å². The first kappa shape index (κ1) is 8.90. The van der Waals surface area contributed by atoms with E-state index in [0.29, 0.717) is 5.82 Å². The van der Waals surface area contributed by atoms with Crippen molar-refractivity contribution in [2.45, 2.75) is 0 Å². The molecule has 0 aromatic carbocycles. The number of aromatic nitrogens is 3. The Labute approximate surface area is 84.6 Å². The molecule has 0 radical (unpaired) electrons. The highest BCUT2D eigenvalue weighted by Crippen LogP contribution is 2.12. The molecule has 0 saturated carbocycles. The molecule has 0 aliphatic rings. The second kappa shape index (κ2) is 3.59. The third kappa shape index (κ3) is 1.80. The van der Waals surface area contributed by atoms with Gasteiger partial charge in [-0.25, -0.2) is 4.98 Å². The summed E-state index contributed by atoms with van der Waals surface area (Å²) >= 11 is 5.65. The maximum atomic E-state index is 11.1. The predicted octanol–water partition coefficient (Wildman–Crippen LogP) is 1.49. The smallest absolute Gasteiger partial charge is 0.252 e. The predicted molar refractivity (Wildman–Crippen MR) is 53.1 cm³/mol. The lowest BCUT2D eigenvalue weighted by Crippen LogP contribution is -2.06. The number of aromatic amines is 1. The Morgan fingerprint density at radius 1 is 1.29 bits per heavy atom. The summed E-state index contributed by atoms with van der Waals surface area (Å²) in [6.07, 6.45) is 3.24. The molecule has 0 fully saturated rings. The fourth-order valence-corrected chi connectivity index (χ4v) is 1.26. The second-order valence-corrected chi connectivity index (χ2v) is 3.04. The minimum atomic E-state index is -0.267. The molecule has 2 rings (SSSR count). The quantitative estimate of drug-likeness (QED) is 0.721. The number of nitrogens with zero attached hydrogens (tertiary/aromatic N) is 2. The maximum Gasteiger partial charge on any atom is 0.252 e. The van der Waals surface area contributed by atoms with E-state index in [-0.39, 0.29) is 10.7 Å². The monoisotopic (exact) mass is 207 g/mol. The minimum absolute atomic E-state index is 0.181. The number of nitrogens with one attached hydrogen (secondary N) is 1. The molecule has 2 aromatic heterocycles. The molecule has 2 aromatic rings. The van der Waals surface area contributed by atoms with Crippen molar-refractivity contribution in [3.8, 4) is 11.4 Å². The van der Waals surface area contributed by atoms with Crippen LogP contribution in [0.5, 0.6) is 0 Å². The topological polar surface area (TPSA) is 58.6 Å². The van der Waals surface area contributed by atoms with Gasteiger partial charge >= 0.3 is 0 Å². The van der Waals surface area contributed by atoms with E-state index in [1.807, 2.05) is 0 Å². The van der Waals surface area contributed by atoms with Crippen LogP contribution in [0.1, 0.15) is 0 Å².